The van der Waals surface area contributed by atoms with Crippen LogP contribution in [0, 0.1) is 12.7 Å². The lowest BCUT2D eigenvalue weighted by Crippen LogP contribution is -2.27. The first-order chi connectivity index (χ1) is 12.8. The highest BCUT2D eigenvalue weighted by Crippen LogP contribution is 2.38. The first kappa shape index (κ1) is 18.5. The second-order valence-corrected chi connectivity index (χ2v) is 9.85. The Bertz CT molecular complexity index is 1090. The van der Waals surface area contributed by atoms with Crippen molar-refractivity contribution in [2.45, 2.75) is 44.4 Å². The van der Waals surface area contributed by atoms with Crippen molar-refractivity contribution in [3.8, 4) is 0 Å². The molecule has 1 aromatic carbocycles. The lowest BCUT2D eigenvalue weighted by molar-refractivity contribution is 0.600. The smallest absolute Gasteiger partial charge is 0.255 e. The van der Waals surface area contributed by atoms with E-state index >= 15 is 0 Å². The Hall–Kier alpha value is -1.87. The number of aromatic nitrogens is 1. The van der Waals surface area contributed by atoms with E-state index in [4.69, 9.17) is 0 Å². The van der Waals surface area contributed by atoms with E-state index in [1.165, 1.54) is 6.07 Å². The molecule has 0 amide bonds. The fourth-order valence-corrected chi connectivity index (χ4v) is 5.16. The molecule has 2 heterocycles. The molecule has 2 N–H and O–H groups in total. The zero-order chi connectivity index (χ0) is 19.3. The maximum absolute atomic E-state index is 14.3. The summed E-state index contributed by atoms with van der Waals surface area (Å²) in [5.74, 6) is -0.500. The predicted octanol–water partition coefficient (Wildman–Crippen LogP) is 3.65. The van der Waals surface area contributed by atoms with Crippen molar-refractivity contribution in [3.63, 3.8) is 0 Å². The van der Waals surface area contributed by atoms with Crippen LogP contribution in [-0.2, 0) is 23.0 Å². The predicted molar refractivity (Wildman–Crippen MR) is 107 cm³/mol. The number of nitrogens with one attached hydrogen (secondary N) is 2. The van der Waals surface area contributed by atoms with E-state index < -0.39 is 21.1 Å². The summed E-state index contributed by atoms with van der Waals surface area (Å²) < 4.78 is 44.4. The third-order valence-electron chi connectivity index (χ3n) is 5.00. The number of fused-ring (bicyclic) bond motifs is 1. The van der Waals surface area contributed by atoms with E-state index in [2.05, 4.69) is 26.0 Å². The molecule has 1 aliphatic heterocycles. The molecule has 9 heteroatoms. The van der Waals surface area contributed by atoms with Gasteiger partial charge >= 0.3 is 0 Å². The second-order valence-electron chi connectivity index (χ2n) is 6.98. The van der Waals surface area contributed by atoms with Crippen LogP contribution in [0.4, 0.5) is 21.5 Å². The molecule has 0 radical (unpaired) electrons. The van der Waals surface area contributed by atoms with Gasteiger partial charge in [-0.15, -0.1) is 0 Å². The molecule has 2 aliphatic rings. The van der Waals surface area contributed by atoms with Crippen LogP contribution in [-0.4, -0.2) is 18.2 Å². The van der Waals surface area contributed by atoms with Crippen molar-refractivity contribution in [2.24, 2.45) is 0 Å². The molecule has 0 unspecified atom stereocenters. The highest BCUT2D eigenvalue weighted by Gasteiger charge is 2.37. The minimum absolute atomic E-state index is 0.176. The maximum atomic E-state index is 14.3. The van der Waals surface area contributed by atoms with Crippen LogP contribution in [0.2, 0.25) is 0 Å². The van der Waals surface area contributed by atoms with Crippen LogP contribution >= 0.6 is 15.9 Å². The Labute approximate surface area is 165 Å². The molecule has 2 aromatic rings. The largest absolute Gasteiger partial charge is 0.351 e. The summed E-state index contributed by atoms with van der Waals surface area (Å²) in [4.78, 5) is 12.7. The number of benzene rings is 1. The molecule has 1 fully saturated rings. The van der Waals surface area contributed by atoms with Gasteiger partial charge in [0.25, 0.3) is 5.56 Å². The van der Waals surface area contributed by atoms with Crippen LogP contribution in [0.25, 0.3) is 0 Å². The van der Waals surface area contributed by atoms with Crippen molar-refractivity contribution in [2.75, 3.05) is 10.0 Å². The third kappa shape index (κ3) is 3.38. The first-order valence-electron chi connectivity index (χ1n) is 8.78. The normalized spacial score (nSPS) is 16.3. The van der Waals surface area contributed by atoms with Crippen molar-refractivity contribution in [1.82, 2.24) is 4.57 Å². The van der Waals surface area contributed by atoms with Gasteiger partial charge in [-0.25, -0.2) is 12.8 Å². The average molecular weight is 456 g/mol. The number of rotatable bonds is 5. The fourth-order valence-electron chi connectivity index (χ4n) is 3.40. The second kappa shape index (κ2) is 6.63. The molecule has 4 rings (SSSR count). The molecule has 1 aromatic heterocycles. The minimum atomic E-state index is -3.53. The Morgan fingerprint density at radius 1 is 1.26 bits per heavy atom. The van der Waals surface area contributed by atoms with E-state index in [1.807, 2.05) is 0 Å². The quantitative estimate of drug-likeness (QED) is 0.720. The van der Waals surface area contributed by atoms with Crippen molar-refractivity contribution in [3.05, 3.63) is 50.1 Å². The van der Waals surface area contributed by atoms with Gasteiger partial charge in [0.1, 0.15) is 5.82 Å². The average Bonchev–Trinajstić information content (AvgIpc) is 3.36. The molecular formula is C18H19BrFN3O3S. The summed E-state index contributed by atoms with van der Waals surface area (Å²) in [5, 5.41) is 2.55. The summed E-state index contributed by atoms with van der Waals surface area (Å²) in [6.07, 6.45) is 2.62. The van der Waals surface area contributed by atoms with Gasteiger partial charge in [0.2, 0.25) is 10.0 Å². The topological polar surface area (TPSA) is 80.2 Å². The molecule has 1 saturated carbocycles. The Morgan fingerprint density at radius 2 is 2.00 bits per heavy atom. The van der Waals surface area contributed by atoms with Crippen molar-refractivity contribution < 1.29 is 12.8 Å². The van der Waals surface area contributed by atoms with E-state index in [0.717, 1.165) is 6.42 Å². The van der Waals surface area contributed by atoms with Gasteiger partial charge in [-0.2, -0.15) is 0 Å². The summed E-state index contributed by atoms with van der Waals surface area (Å²) in [6.45, 7) is 2.18. The first-order valence-corrected chi connectivity index (χ1v) is 11.1. The van der Waals surface area contributed by atoms with Gasteiger partial charge in [-0.3, -0.25) is 9.52 Å². The Balaban J connectivity index is 1.86. The van der Waals surface area contributed by atoms with E-state index in [1.54, 1.807) is 23.6 Å². The van der Waals surface area contributed by atoms with Crippen LogP contribution in [0.3, 0.4) is 0 Å². The molecular weight excluding hydrogens is 437 g/mol. The molecule has 0 spiro atoms. The number of pyridine rings is 1. The van der Waals surface area contributed by atoms with Crippen LogP contribution in [0.5, 0.6) is 0 Å². The molecule has 144 valence electrons. The summed E-state index contributed by atoms with van der Waals surface area (Å²) in [7, 11) is -3.53. The van der Waals surface area contributed by atoms with Gasteiger partial charge in [-0.1, -0.05) is 15.9 Å². The van der Waals surface area contributed by atoms with Crippen molar-refractivity contribution >= 4 is 43.0 Å². The number of hydrogen-bond acceptors (Lipinski definition) is 4. The van der Waals surface area contributed by atoms with Gasteiger partial charge in [0.15, 0.2) is 0 Å². The number of halogens is 2. The van der Waals surface area contributed by atoms with Gasteiger partial charge < -0.3 is 9.88 Å². The maximum Gasteiger partial charge on any atom is 0.255 e. The summed E-state index contributed by atoms with van der Waals surface area (Å²) in [6, 6.07) is 4.53. The minimum Gasteiger partial charge on any atom is -0.351 e. The van der Waals surface area contributed by atoms with Gasteiger partial charge in [0, 0.05) is 22.3 Å². The highest BCUT2D eigenvalue weighted by molar-refractivity contribution is 9.10. The monoisotopic (exact) mass is 455 g/mol. The van der Waals surface area contributed by atoms with E-state index in [0.29, 0.717) is 52.9 Å². The Kier molecular flexibility index (Phi) is 4.54. The highest BCUT2D eigenvalue weighted by atomic mass is 79.9. The molecule has 27 heavy (non-hydrogen) atoms. The number of sulfonamides is 1. The number of hydrogen-bond donors (Lipinski definition) is 2. The fraction of sp³-hybridized carbons (Fsp3) is 0.389. The van der Waals surface area contributed by atoms with Crippen molar-refractivity contribution in [1.29, 1.82) is 0 Å². The van der Waals surface area contributed by atoms with Gasteiger partial charge in [-0.05, 0) is 50.8 Å². The third-order valence-corrected chi connectivity index (χ3v) is 7.33. The molecule has 0 bridgehead atoms. The van der Waals surface area contributed by atoms with Crippen LogP contribution < -0.4 is 15.6 Å². The number of anilines is 3. The lowest BCUT2D eigenvalue weighted by atomic mass is 10.1. The SMILES string of the molecule is Cc1c(Nc2ccc(Br)cc2F)c(NS(=O)(=O)C2CC2)c2n(c1=O)CCC2. The van der Waals surface area contributed by atoms with Crippen LogP contribution in [0.15, 0.2) is 27.5 Å². The van der Waals surface area contributed by atoms with E-state index in [-0.39, 0.29) is 11.2 Å². The molecule has 0 atom stereocenters. The number of nitrogens with zero attached hydrogens (tertiary/aromatic N) is 1. The molecule has 6 nitrogen and oxygen atoms in total. The zero-order valence-corrected chi connectivity index (χ0v) is 17.1. The zero-order valence-electron chi connectivity index (χ0n) is 14.7. The summed E-state index contributed by atoms with van der Waals surface area (Å²) in [5.41, 5.74) is 1.68. The molecule has 1 aliphatic carbocycles. The van der Waals surface area contributed by atoms with Gasteiger partial charge in [0.05, 0.1) is 22.3 Å². The summed E-state index contributed by atoms with van der Waals surface area (Å²) >= 11 is 3.21. The van der Waals surface area contributed by atoms with Crippen LogP contribution in [0.1, 0.15) is 30.5 Å². The standard InChI is InChI=1S/C18H19BrFN3O3S/c1-10-16(21-14-7-4-11(19)9-13(14)20)17(22-27(25,26)12-5-6-12)15-3-2-8-23(15)18(10)24/h4,7,9,12,21-22H,2-3,5-6,8H2,1H3. The lowest BCUT2D eigenvalue weighted by Gasteiger charge is -2.20. The molecule has 0 saturated heterocycles. The van der Waals surface area contributed by atoms with E-state index in [9.17, 15) is 17.6 Å². The Morgan fingerprint density at radius 3 is 2.67 bits per heavy atom.